The average molecular weight is 457 g/mol. The summed E-state index contributed by atoms with van der Waals surface area (Å²) in [6, 6.07) is 10.0. The van der Waals surface area contributed by atoms with Crippen LogP contribution in [0.15, 0.2) is 47.1 Å². The van der Waals surface area contributed by atoms with E-state index in [1.807, 2.05) is 11.0 Å². The molecule has 0 spiro atoms. The van der Waals surface area contributed by atoms with Gasteiger partial charge in [-0.1, -0.05) is 0 Å². The summed E-state index contributed by atoms with van der Waals surface area (Å²) in [4.78, 5) is 17.7. The Morgan fingerprint density at radius 1 is 1.29 bits per heavy atom. The van der Waals surface area contributed by atoms with Gasteiger partial charge >= 0.3 is 12.6 Å². The molecule has 6 nitrogen and oxygen atoms in total. The minimum absolute atomic E-state index is 0.135. The first-order valence-electron chi connectivity index (χ1n) is 8.59. The molecule has 0 saturated carbocycles. The van der Waals surface area contributed by atoms with Crippen LogP contribution in [0.1, 0.15) is 16.8 Å². The molecule has 2 aromatic rings. The molecule has 28 heavy (non-hydrogen) atoms. The van der Waals surface area contributed by atoms with Gasteiger partial charge in [0.1, 0.15) is 6.10 Å². The third-order valence-corrected chi connectivity index (χ3v) is 4.87. The minimum Gasteiger partial charge on any atom is -0.472 e. The monoisotopic (exact) mass is 456 g/mol. The molecular formula is C19H19BrF2N2O4. The number of alkyl halides is 2. The van der Waals surface area contributed by atoms with Gasteiger partial charge < -0.3 is 19.1 Å². The van der Waals surface area contributed by atoms with Crippen LogP contribution in [-0.2, 0) is 9.47 Å². The van der Waals surface area contributed by atoms with Gasteiger partial charge in [0.15, 0.2) is 0 Å². The standard InChI is InChI=1S/C19H19BrF2N2O4/c1-26-18(25)12-2-5-14(6-3-12)24-10-16(8-15(24)11-27-19(21)22)28-17-7-4-13(20)9-23-17/h2-7,9,15-16,19H,8,10-11H2,1H3/t15-,16-/m0/s1. The predicted molar refractivity (Wildman–Crippen MR) is 102 cm³/mol. The van der Waals surface area contributed by atoms with E-state index in [4.69, 9.17) is 9.47 Å². The molecule has 0 amide bonds. The van der Waals surface area contributed by atoms with Crippen molar-refractivity contribution in [2.75, 3.05) is 25.2 Å². The zero-order chi connectivity index (χ0) is 20.1. The van der Waals surface area contributed by atoms with Crippen LogP contribution < -0.4 is 9.64 Å². The SMILES string of the molecule is COC(=O)c1ccc(N2C[C@@H](Oc3ccc(Br)cn3)C[C@H]2COC(F)F)cc1. The molecule has 1 fully saturated rings. The molecule has 2 atom stereocenters. The number of ether oxygens (including phenoxy) is 3. The largest absolute Gasteiger partial charge is 0.472 e. The van der Waals surface area contributed by atoms with E-state index >= 15 is 0 Å². The van der Waals surface area contributed by atoms with Crippen LogP contribution in [0.4, 0.5) is 14.5 Å². The lowest BCUT2D eigenvalue weighted by atomic mass is 10.1. The van der Waals surface area contributed by atoms with Crippen LogP contribution in [0.2, 0.25) is 0 Å². The molecule has 9 heteroatoms. The molecule has 0 bridgehead atoms. The van der Waals surface area contributed by atoms with Gasteiger partial charge in [0.25, 0.3) is 0 Å². The molecule has 0 unspecified atom stereocenters. The zero-order valence-electron chi connectivity index (χ0n) is 15.1. The molecule has 1 aromatic heterocycles. The molecule has 2 heterocycles. The Kier molecular flexibility index (Phi) is 6.79. The number of methoxy groups -OCH3 is 1. The number of aromatic nitrogens is 1. The fourth-order valence-corrected chi connectivity index (χ4v) is 3.36. The predicted octanol–water partition coefficient (Wildman–Crippen LogP) is 3.90. The molecule has 1 aliphatic heterocycles. The van der Waals surface area contributed by atoms with E-state index in [-0.39, 0.29) is 18.8 Å². The molecule has 150 valence electrons. The Balaban J connectivity index is 1.74. The van der Waals surface area contributed by atoms with Crippen molar-refractivity contribution in [3.8, 4) is 5.88 Å². The number of hydrogen-bond donors (Lipinski definition) is 0. The second kappa shape index (κ2) is 9.29. The molecule has 0 aliphatic carbocycles. The smallest absolute Gasteiger partial charge is 0.345 e. The molecular weight excluding hydrogens is 438 g/mol. The number of anilines is 1. The fourth-order valence-electron chi connectivity index (χ4n) is 3.13. The number of rotatable bonds is 7. The Morgan fingerprint density at radius 2 is 2.04 bits per heavy atom. The fraction of sp³-hybridized carbons (Fsp3) is 0.368. The number of halogens is 3. The topological polar surface area (TPSA) is 60.9 Å². The van der Waals surface area contributed by atoms with Gasteiger partial charge in [-0.2, -0.15) is 8.78 Å². The van der Waals surface area contributed by atoms with E-state index in [1.54, 1.807) is 36.5 Å². The number of carbonyl (C=O) groups excluding carboxylic acids is 1. The lowest BCUT2D eigenvalue weighted by molar-refractivity contribution is -0.131. The van der Waals surface area contributed by atoms with Crippen molar-refractivity contribution < 1.29 is 27.8 Å². The van der Waals surface area contributed by atoms with Crippen molar-refractivity contribution >= 4 is 27.6 Å². The first-order valence-corrected chi connectivity index (χ1v) is 9.38. The second-order valence-corrected chi connectivity index (χ2v) is 7.14. The van der Waals surface area contributed by atoms with Crippen LogP contribution >= 0.6 is 15.9 Å². The van der Waals surface area contributed by atoms with Crippen molar-refractivity contribution in [3.05, 3.63) is 52.6 Å². The van der Waals surface area contributed by atoms with Crippen LogP contribution in [0, 0.1) is 0 Å². The summed E-state index contributed by atoms with van der Waals surface area (Å²) in [6.07, 6.45) is 1.90. The Hall–Kier alpha value is -2.26. The van der Waals surface area contributed by atoms with Crippen molar-refractivity contribution in [1.29, 1.82) is 0 Å². The quantitative estimate of drug-likeness (QED) is 0.588. The molecule has 1 saturated heterocycles. The molecule has 1 aromatic carbocycles. The first kappa shape index (κ1) is 20.5. The van der Waals surface area contributed by atoms with Crippen molar-refractivity contribution in [2.24, 2.45) is 0 Å². The van der Waals surface area contributed by atoms with Gasteiger partial charge in [-0.15, -0.1) is 0 Å². The van der Waals surface area contributed by atoms with Gasteiger partial charge in [-0.3, -0.25) is 0 Å². The number of esters is 1. The first-order chi connectivity index (χ1) is 13.5. The maximum absolute atomic E-state index is 12.5. The third-order valence-electron chi connectivity index (χ3n) is 4.40. The molecule has 0 N–H and O–H groups in total. The number of carbonyl (C=O) groups is 1. The maximum atomic E-state index is 12.5. The summed E-state index contributed by atoms with van der Waals surface area (Å²) in [5.74, 6) is 0.0256. The number of hydrogen-bond acceptors (Lipinski definition) is 6. The minimum atomic E-state index is -2.84. The van der Waals surface area contributed by atoms with Crippen molar-refractivity contribution in [3.63, 3.8) is 0 Å². The third kappa shape index (κ3) is 5.17. The summed E-state index contributed by atoms with van der Waals surface area (Å²) in [7, 11) is 1.31. The lowest BCUT2D eigenvalue weighted by Gasteiger charge is -2.26. The van der Waals surface area contributed by atoms with E-state index in [1.165, 1.54) is 7.11 Å². The highest BCUT2D eigenvalue weighted by Gasteiger charge is 2.34. The van der Waals surface area contributed by atoms with Crippen LogP contribution in [-0.4, -0.2) is 50.0 Å². The van der Waals surface area contributed by atoms with Gasteiger partial charge in [0.05, 0.1) is 31.9 Å². The molecule has 3 rings (SSSR count). The Morgan fingerprint density at radius 3 is 2.64 bits per heavy atom. The summed E-state index contributed by atoms with van der Waals surface area (Å²) in [5.41, 5.74) is 1.20. The van der Waals surface area contributed by atoms with E-state index in [0.29, 0.717) is 24.4 Å². The summed E-state index contributed by atoms with van der Waals surface area (Å²) >= 11 is 3.32. The zero-order valence-corrected chi connectivity index (χ0v) is 16.6. The average Bonchev–Trinajstić information content (AvgIpc) is 3.10. The maximum Gasteiger partial charge on any atom is 0.345 e. The number of pyridine rings is 1. The second-order valence-electron chi connectivity index (χ2n) is 6.23. The van der Waals surface area contributed by atoms with Crippen LogP contribution in [0.25, 0.3) is 0 Å². The highest BCUT2D eigenvalue weighted by molar-refractivity contribution is 9.10. The van der Waals surface area contributed by atoms with E-state index in [0.717, 1.165) is 10.2 Å². The highest BCUT2D eigenvalue weighted by Crippen LogP contribution is 2.29. The molecule has 0 radical (unpaired) electrons. The van der Waals surface area contributed by atoms with Crippen LogP contribution in [0.5, 0.6) is 5.88 Å². The van der Waals surface area contributed by atoms with E-state index in [2.05, 4.69) is 25.7 Å². The summed E-state index contributed by atoms with van der Waals surface area (Å²) in [5, 5.41) is 0. The van der Waals surface area contributed by atoms with Gasteiger partial charge in [0, 0.05) is 28.8 Å². The van der Waals surface area contributed by atoms with Gasteiger partial charge in [-0.05, 0) is 46.3 Å². The van der Waals surface area contributed by atoms with Crippen molar-refractivity contribution in [2.45, 2.75) is 25.2 Å². The highest BCUT2D eigenvalue weighted by atomic mass is 79.9. The van der Waals surface area contributed by atoms with E-state index in [9.17, 15) is 13.6 Å². The summed E-state index contributed by atoms with van der Waals surface area (Å²) in [6.45, 7) is -2.49. The van der Waals surface area contributed by atoms with Crippen molar-refractivity contribution in [1.82, 2.24) is 4.98 Å². The Bertz CT molecular complexity index is 790. The van der Waals surface area contributed by atoms with Gasteiger partial charge in [-0.25, -0.2) is 9.78 Å². The normalized spacial score (nSPS) is 19.1. The number of benzene rings is 1. The summed E-state index contributed by atoms with van der Waals surface area (Å²) < 4.78 is 41.1. The van der Waals surface area contributed by atoms with Crippen LogP contribution in [0.3, 0.4) is 0 Å². The number of nitrogens with zero attached hydrogens (tertiary/aromatic N) is 2. The lowest BCUT2D eigenvalue weighted by Crippen LogP contribution is -2.34. The van der Waals surface area contributed by atoms with Gasteiger partial charge in [0.2, 0.25) is 5.88 Å². The molecule has 1 aliphatic rings. The van der Waals surface area contributed by atoms with E-state index < -0.39 is 12.6 Å². The Labute approximate surface area is 169 Å².